The number of nitrogens with zero attached hydrogens (tertiary/aromatic N) is 2. The van der Waals surface area contributed by atoms with Crippen molar-refractivity contribution in [3.63, 3.8) is 0 Å². The fourth-order valence-corrected chi connectivity index (χ4v) is 3.52. The summed E-state index contributed by atoms with van der Waals surface area (Å²) in [6, 6.07) is 3.68. The fraction of sp³-hybridized carbons (Fsp3) is 0.200. The highest BCUT2D eigenvalue weighted by Gasteiger charge is 2.23. The number of benzene rings is 1. The average Bonchev–Trinajstić information content (AvgIpc) is 2.75. The molecule has 0 radical (unpaired) electrons. The highest BCUT2D eigenvalue weighted by atomic mass is 32.2. The first kappa shape index (κ1) is 13.7. The Bertz CT molecular complexity index is 679. The van der Waals surface area contributed by atoms with E-state index in [4.69, 9.17) is 5.73 Å². The van der Waals surface area contributed by atoms with Gasteiger partial charge in [-0.05, 0) is 18.6 Å². The summed E-state index contributed by atoms with van der Waals surface area (Å²) < 4.78 is 39.9. The molecule has 0 fully saturated rings. The Kier molecular flexibility index (Phi) is 3.67. The highest BCUT2D eigenvalue weighted by Crippen LogP contribution is 2.25. The van der Waals surface area contributed by atoms with Crippen LogP contribution in [0.15, 0.2) is 23.1 Å². The molecular weight excluding hydrogens is 291 g/mol. The molecule has 2 rings (SSSR count). The quantitative estimate of drug-likeness (QED) is 0.836. The van der Waals surface area contributed by atoms with Gasteiger partial charge in [0.15, 0.2) is 0 Å². The maximum atomic E-state index is 13.6. The third-order valence-corrected chi connectivity index (χ3v) is 4.80. The van der Waals surface area contributed by atoms with E-state index in [1.807, 2.05) is 6.92 Å². The molecule has 0 saturated heterocycles. The molecule has 2 aromatic rings. The van der Waals surface area contributed by atoms with E-state index in [0.29, 0.717) is 11.4 Å². The van der Waals surface area contributed by atoms with E-state index in [0.717, 1.165) is 17.4 Å². The SMILES string of the molecule is CCc1nnc(NS(=O)(=O)c2c(N)cccc2F)s1. The van der Waals surface area contributed by atoms with Crippen LogP contribution in [0.2, 0.25) is 0 Å². The first-order valence-electron chi connectivity index (χ1n) is 5.33. The first-order chi connectivity index (χ1) is 8.94. The van der Waals surface area contributed by atoms with Crippen molar-refractivity contribution in [2.75, 3.05) is 10.5 Å². The van der Waals surface area contributed by atoms with Gasteiger partial charge in [0, 0.05) is 0 Å². The van der Waals surface area contributed by atoms with E-state index >= 15 is 0 Å². The van der Waals surface area contributed by atoms with Crippen molar-refractivity contribution in [2.24, 2.45) is 0 Å². The number of nitrogens with two attached hydrogens (primary N) is 1. The number of rotatable bonds is 4. The molecule has 0 unspecified atom stereocenters. The molecule has 3 N–H and O–H groups in total. The van der Waals surface area contributed by atoms with Crippen molar-refractivity contribution in [3.05, 3.63) is 29.0 Å². The van der Waals surface area contributed by atoms with Crippen LogP contribution in [-0.4, -0.2) is 18.6 Å². The predicted octanol–water partition coefficient (Wildman–Crippen LogP) is 1.62. The molecule has 102 valence electrons. The zero-order valence-electron chi connectivity index (χ0n) is 9.92. The van der Waals surface area contributed by atoms with Crippen LogP contribution in [0.5, 0.6) is 0 Å². The monoisotopic (exact) mass is 302 g/mol. The molecule has 0 aliphatic carbocycles. The van der Waals surface area contributed by atoms with Gasteiger partial charge in [-0.3, -0.25) is 4.72 Å². The van der Waals surface area contributed by atoms with Crippen LogP contribution in [0.4, 0.5) is 15.2 Å². The van der Waals surface area contributed by atoms with Gasteiger partial charge < -0.3 is 5.73 Å². The summed E-state index contributed by atoms with van der Waals surface area (Å²) in [4.78, 5) is -0.580. The van der Waals surface area contributed by atoms with Crippen LogP contribution in [0.3, 0.4) is 0 Å². The second-order valence-corrected chi connectivity index (χ2v) is 6.30. The predicted molar refractivity (Wildman–Crippen MR) is 70.9 cm³/mol. The molecule has 0 aliphatic rings. The van der Waals surface area contributed by atoms with Gasteiger partial charge in [-0.15, -0.1) is 10.2 Å². The van der Waals surface area contributed by atoms with Crippen molar-refractivity contribution in [2.45, 2.75) is 18.2 Å². The fourth-order valence-electron chi connectivity index (χ4n) is 1.41. The molecule has 0 atom stereocenters. The molecule has 1 aromatic carbocycles. The number of aryl methyl sites for hydroxylation is 1. The van der Waals surface area contributed by atoms with Crippen molar-refractivity contribution >= 4 is 32.2 Å². The van der Waals surface area contributed by atoms with E-state index in [9.17, 15) is 12.8 Å². The highest BCUT2D eigenvalue weighted by molar-refractivity contribution is 7.93. The van der Waals surface area contributed by atoms with E-state index in [2.05, 4.69) is 14.9 Å². The molecular formula is C10H11FN4O2S2. The van der Waals surface area contributed by atoms with Crippen LogP contribution in [-0.2, 0) is 16.4 Å². The summed E-state index contributed by atoms with van der Waals surface area (Å²) in [5.41, 5.74) is 5.34. The minimum Gasteiger partial charge on any atom is -0.398 e. The third-order valence-electron chi connectivity index (χ3n) is 2.26. The summed E-state index contributed by atoms with van der Waals surface area (Å²) in [5.74, 6) is -0.910. The molecule has 0 spiro atoms. The molecule has 0 bridgehead atoms. The van der Waals surface area contributed by atoms with Crippen molar-refractivity contribution in [1.29, 1.82) is 0 Å². The van der Waals surface area contributed by atoms with Crippen LogP contribution < -0.4 is 10.5 Å². The van der Waals surface area contributed by atoms with Gasteiger partial charge in [0.25, 0.3) is 10.0 Å². The number of nitrogens with one attached hydrogen (secondary N) is 1. The zero-order chi connectivity index (χ0) is 14.0. The van der Waals surface area contributed by atoms with E-state index in [1.165, 1.54) is 12.1 Å². The summed E-state index contributed by atoms with van der Waals surface area (Å²) in [5, 5.41) is 8.21. The lowest BCUT2D eigenvalue weighted by Gasteiger charge is -2.08. The molecule has 0 aliphatic heterocycles. The minimum absolute atomic E-state index is 0.0829. The molecule has 0 amide bonds. The Morgan fingerprint density at radius 3 is 2.74 bits per heavy atom. The number of hydrogen-bond acceptors (Lipinski definition) is 6. The topological polar surface area (TPSA) is 98.0 Å². The lowest BCUT2D eigenvalue weighted by Crippen LogP contribution is -2.16. The number of anilines is 2. The third kappa shape index (κ3) is 2.82. The summed E-state index contributed by atoms with van der Waals surface area (Å²) in [6.45, 7) is 1.87. The number of sulfonamides is 1. The molecule has 6 nitrogen and oxygen atoms in total. The van der Waals surface area contributed by atoms with Crippen molar-refractivity contribution < 1.29 is 12.8 Å². The van der Waals surface area contributed by atoms with Gasteiger partial charge in [0.2, 0.25) is 5.13 Å². The smallest absolute Gasteiger partial charge is 0.268 e. The lowest BCUT2D eigenvalue weighted by atomic mass is 10.3. The van der Waals surface area contributed by atoms with Gasteiger partial charge in [0.1, 0.15) is 15.7 Å². The van der Waals surface area contributed by atoms with Gasteiger partial charge in [-0.2, -0.15) is 0 Å². The standard InChI is InChI=1S/C10H11FN4O2S2/c1-2-8-13-14-10(18-8)15-19(16,17)9-6(11)4-3-5-7(9)12/h3-5H,2,12H2,1H3,(H,14,15). The van der Waals surface area contributed by atoms with Crippen LogP contribution in [0.25, 0.3) is 0 Å². The second kappa shape index (κ2) is 5.10. The maximum absolute atomic E-state index is 13.6. The van der Waals surface area contributed by atoms with Crippen LogP contribution in [0.1, 0.15) is 11.9 Å². The Morgan fingerprint density at radius 1 is 1.42 bits per heavy atom. The molecule has 1 heterocycles. The number of nitrogen functional groups attached to an aromatic ring is 1. The average molecular weight is 302 g/mol. The van der Waals surface area contributed by atoms with Crippen LogP contribution >= 0.6 is 11.3 Å². The Balaban J connectivity index is 2.38. The van der Waals surface area contributed by atoms with Gasteiger partial charge in [-0.1, -0.05) is 24.3 Å². The summed E-state index contributed by atoms with van der Waals surface area (Å²) in [6.07, 6.45) is 0.640. The Labute approximate surface area is 113 Å². The molecule has 19 heavy (non-hydrogen) atoms. The number of halogens is 1. The number of hydrogen-bond donors (Lipinski definition) is 2. The zero-order valence-corrected chi connectivity index (χ0v) is 11.6. The van der Waals surface area contributed by atoms with Gasteiger partial charge in [0.05, 0.1) is 5.69 Å². The normalized spacial score (nSPS) is 11.5. The van der Waals surface area contributed by atoms with E-state index in [1.54, 1.807) is 0 Å². The van der Waals surface area contributed by atoms with Crippen LogP contribution in [0, 0.1) is 5.82 Å². The van der Waals surface area contributed by atoms with E-state index in [-0.39, 0.29) is 10.8 Å². The lowest BCUT2D eigenvalue weighted by molar-refractivity contribution is 0.571. The van der Waals surface area contributed by atoms with E-state index < -0.39 is 20.7 Å². The molecule has 9 heteroatoms. The molecule has 1 aromatic heterocycles. The van der Waals surface area contributed by atoms with Gasteiger partial charge in [-0.25, -0.2) is 12.8 Å². The first-order valence-corrected chi connectivity index (χ1v) is 7.63. The molecule has 0 saturated carbocycles. The second-order valence-electron chi connectivity index (χ2n) is 3.62. The summed E-state index contributed by atoms with van der Waals surface area (Å²) in [7, 11) is -4.11. The summed E-state index contributed by atoms with van der Waals surface area (Å²) >= 11 is 1.09. The van der Waals surface area contributed by atoms with Gasteiger partial charge >= 0.3 is 0 Å². The Morgan fingerprint density at radius 2 is 2.16 bits per heavy atom. The van der Waals surface area contributed by atoms with Crippen molar-refractivity contribution in [3.8, 4) is 0 Å². The maximum Gasteiger partial charge on any atom is 0.268 e. The minimum atomic E-state index is -4.11. The Hall–Kier alpha value is -1.74. The number of aromatic nitrogens is 2. The van der Waals surface area contributed by atoms with Crippen molar-refractivity contribution in [1.82, 2.24) is 10.2 Å². The largest absolute Gasteiger partial charge is 0.398 e.